The quantitative estimate of drug-likeness (QED) is 0.306. The Bertz CT molecular complexity index is 2130. The Morgan fingerprint density at radius 2 is 1.80 bits per heavy atom. The molecule has 1 aromatic carbocycles. The van der Waals surface area contributed by atoms with E-state index in [1.807, 2.05) is 24.6 Å². The number of aryl methyl sites for hydroxylation is 1. The zero-order chi connectivity index (χ0) is 43.5. The van der Waals surface area contributed by atoms with Crippen molar-refractivity contribution in [2.75, 3.05) is 13.7 Å². The standard InChI is InChI=1S/C42H58F2N6O9S/c1-22(2)17-25-31-21-50(32(25)35(51)48-42(20-26(42)34(43)44)38(53)49-60(55,56)41(6)15-16-41)37(52)33(40(3,4)5)47-39(54)59-30-18-23(30)11-9-8-10-12-28-36(58-31)46-29-19-24(57-7)13-14-27(29)45-28/h13-14,19,22-23,25-26,30-34H,8-12,15-18,20-21H2,1-7H3,(H,47,54)(H,48,51)(H,49,53)/t23-,25-,26+,30-,31+,32+,33-,42-/m1/s1. The third-order valence-electron chi connectivity index (χ3n) is 12.9. The largest absolute Gasteiger partial charge is 0.497 e. The summed E-state index contributed by atoms with van der Waals surface area (Å²) in [6.07, 6.45) is 0.00403. The van der Waals surface area contributed by atoms with Crippen LogP contribution in [0.25, 0.3) is 11.0 Å². The van der Waals surface area contributed by atoms with Crippen molar-refractivity contribution >= 4 is 44.9 Å². The van der Waals surface area contributed by atoms with Crippen LogP contribution in [0, 0.1) is 29.1 Å². The van der Waals surface area contributed by atoms with Crippen LogP contribution in [-0.4, -0.2) is 102 Å². The van der Waals surface area contributed by atoms with E-state index in [0.717, 1.165) is 25.7 Å². The number of amides is 4. The summed E-state index contributed by atoms with van der Waals surface area (Å²) in [5.41, 5.74) is -1.45. The Labute approximate surface area is 349 Å². The van der Waals surface area contributed by atoms with E-state index in [-0.39, 0.29) is 30.4 Å². The molecule has 15 nitrogen and oxygen atoms in total. The molecule has 7 rings (SSSR count). The summed E-state index contributed by atoms with van der Waals surface area (Å²) >= 11 is 0. The lowest BCUT2D eigenvalue weighted by Gasteiger charge is -2.36. The second-order valence-corrected chi connectivity index (χ2v) is 21.4. The molecule has 2 aliphatic heterocycles. The topological polar surface area (TPSA) is 195 Å². The third-order valence-corrected chi connectivity index (χ3v) is 15.1. The van der Waals surface area contributed by atoms with Crippen molar-refractivity contribution in [3.8, 4) is 11.6 Å². The highest BCUT2D eigenvalue weighted by Crippen LogP contribution is 2.50. The maximum atomic E-state index is 15.0. The van der Waals surface area contributed by atoms with Gasteiger partial charge in [-0.1, -0.05) is 47.5 Å². The first kappa shape index (κ1) is 43.7. The number of benzene rings is 1. The first-order chi connectivity index (χ1) is 28.2. The van der Waals surface area contributed by atoms with E-state index in [1.165, 1.54) is 11.8 Å². The van der Waals surface area contributed by atoms with Crippen molar-refractivity contribution in [3.05, 3.63) is 23.9 Å². The van der Waals surface area contributed by atoms with Crippen LogP contribution < -0.4 is 24.8 Å². The van der Waals surface area contributed by atoms with Gasteiger partial charge in [0.1, 0.15) is 41.3 Å². The number of carbonyl (C=O) groups excluding carboxylic acids is 4. The fourth-order valence-electron chi connectivity index (χ4n) is 8.75. The summed E-state index contributed by atoms with van der Waals surface area (Å²) in [5.74, 6) is -4.39. The number of nitrogens with one attached hydrogen (secondary N) is 3. The minimum Gasteiger partial charge on any atom is -0.497 e. The van der Waals surface area contributed by atoms with Crippen LogP contribution in [0.2, 0.25) is 0 Å². The highest BCUT2D eigenvalue weighted by atomic mass is 32.2. The van der Waals surface area contributed by atoms with E-state index in [4.69, 9.17) is 24.2 Å². The van der Waals surface area contributed by atoms with Crippen molar-refractivity contribution < 1.29 is 50.6 Å². The molecule has 3 heterocycles. The van der Waals surface area contributed by atoms with E-state index in [9.17, 15) is 31.6 Å². The summed E-state index contributed by atoms with van der Waals surface area (Å²) < 4.78 is 74.0. The van der Waals surface area contributed by atoms with Crippen molar-refractivity contribution in [1.82, 2.24) is 30.2 Å². The molecular formula is C42H58F2N6O9S. The number of halogens is 2. The van der Waals surface area contributed by atoms with E-state index in [2.05, 4.69) is 10.6 Å². The molecule has 0 radical (unpaired) electrons. The molecule has 0 spiro atoms. The van der Waals surface area contributed by atoms with Crippen LogP contribution in [0.1, 0.15) is 105 Å². The van der Waals surface area contributed by atoms with Crippen LogP contribution in [-0.2, 0) is 35.6 Å². The molecule has 3 saturated carbocycles. The van der Waals surface area contributed by atoms with Crippen LogP contribution >= 0.6 is 0 Å². The predicted molar refractivity (Wildman–Crippen MR) is 216 cm³/mol. The van der Waals surface area contributed by atoms with Crippen LogP contribution in [0.3, 0.4) is 0 Å². The Morgan fingerprint density at radius 1 is 1.07 bits per heavy atom. The zero-order valence-electron chi connectivity index (χ0n) is 35.4. The summed E-state index contributed by atoms with van der Waals surface area (Å²) in [7, 11) is -2.71. The van der Waals surface area contributed by atoms with E-state index in [0.29, 0.717) is 54.6 Å². The molecule has 4 fully saturated rings. The normalized spacial score (nSPS) is 30.5. The number of methoxy groups -OCH3 is 1. The highest BCUT2D eigenvalue weighted by Gasteiger charge is 2.68. The van der Waals surface area contributed by atoms with Gasteiger partial charge < -0.3 is 29.7 Å². The summed E-state index contributed by atoms with van der Waals surface area (Å²) in [5, 5.41) is 5.32. The maximum absolute atomic E-state index is 15.0. The molecule has 8 atom stereocenters. The number of aromatic nitrogens is 2. The lowest BCUT2D eigenvalue weighted by Crippen LogP contribution is -2.61. The number of alkyl carbamates (subject to hydrolysis) is 1. The molecule has 60 heavy (non-hydrogen) atoms. The second-order valence-electron chi connectivity index (χ2n) is 19.2. The minimum atomic E-state index is -4.25. The van der Waals surface area contributed by atoms with Crippen LogP contribution in [0.5, 0.6) is 11.6 Å². The van der Waals surface area contributed by atoms with Gasteiger partial charge in [-0.05, 0) is 87.7 Å². The van der Waals surface area contributed by atoms with Gasteiger partial charge in [-0.15, -0.1) is 0 Å². The lowest BCUT2D eigenvalue weighted by molar-refractivity contribution is -0.144. The van der Waals surface area contributed by atoms with Gasteiger partial charge in [0.15, 0.2) is 0 Å². The fourth-order valence-corrected chi connectivity index (χ4v) is 10.1. The summed E-state index contributed by atoms with van der Waals surface area (Å²) in [4.78, 5) is 68.3. The first-order valence-corrected chi connectivity index (χ1v) is 22.6. The highest BCUT2D eigenvalue weighted by molar-refractivity contribution is 7.91. The molecule has 18 heteroatoms. The smallest absolute Gasteiger partial charge is 0.408 e. The molecule has 2 bridgehead atoms. The van der Waals surface area contributed by atoms with E-state index < -0.39 is 92.4 Å². The van der Waals surface area contributed by atoms with Gasteiger partial charge in [-0.3, -0.25) is 19.1 Å². The van der Waals surface area contributed by atoms with Crippen molar-refractivity contribution in [1.29, 1.82) is 0 Å². The Kier molecular flexibility index (Phi) is 11.8. The molecule has 2 aromatic rings. The summed E-state index contributed by atoms with van der Waals surface area (Å²) in [6, 6.07) is 2.72. The molecule has 5 aliphatic rings. The zero-order valence-corrected chi connectivity index (χ0v) is 36.2. The SMILES string of the molecule is COc1ccc2nc3c(nc2c1)O[C@H]1CN(C(=O)[C@H](C(C)(C)C)NC(=O)O[C@@H]2C[C@H]2CCCCC3)[C@H](C(=O)N[C@]2(C(=O)NS(=O)(=O)C3(C)CC3)C[C@H]2C(F)F)[C@@H]1CC(C)C. The van der Waals surface area contributed by atoms with Crippen LogP contribution in [0.4, 0.5) is 13.6 Å². The Balaban J connectivity index is 1.30. The first-order valence-electron chi connectivity index (χ1n) is 21.1. The van der Waals surface area contributed by atoms with Crippen LogP contribution in [0.15, 0.2) is 18.2 Å². The molecule has 0 unspecified atom stereocenters. The van der Waals surface area contributed by atoms with Gasteiger partial charge in [0.25, 0.3) is 5.91 Å². The molecule has 1 saturated heterocycles. The minimum absolute atomic E-state index is 0.0751. The van der Waals surface area contributed by atoms with Gasteiger partial charge in [-0.25, -0.2) is 32.0 Å². The number of ether oxygens (including phenoxy) is 3. The Morgan fingerprint density at radius 3 is 2.43 bits per heavy atom. The van der Waals surface area contributed by atoms with Gasteiger partial charge in [0.05, 0.1) is 35.4 Å². The molecule has 330 valence electrons. The number of nitrogens with zero attached hydrogens (tertiary/aromatic N) is 3. The third kappa shape index (κ3) is 8.85. The van der Waals surface area contributed by atoms with Gasteiger partial charge in [0, 0.05) is 12.0 Å². The van der Waals surface area contributed by atoms with E-state index >= 15 is 4.79 Å². The van der Waals surface area contributed by atoms with Crippen molar-refractivity contribution in [2.45, 2.75) is 147 Å². The molecular weight excluding hydrogens is 803 g/mol. The Hall–Kier alpha value is -4.35. The van der Waals surface area contributed by atoms with Gasteiger partial charge in [-0.2, -0.15) is 0 Å². The van der Waals surface area contributed by atoms with Gasteiger partial charge >= 0.3 is 6.09 Å². The number of hydrogen-bond donors (Lipinski definition) is 3. The van der Waals surface area contributed by atoms with Crippen molar-refractivity contribution in [3.63, 3.8) is 0 Å². The number of sulfonamides is 1. The number of rotatable bonds is 9. The van der Waals surface area contributed by atoms with Crippen molar-refractivity contribution in [2.24, 2.45) is 29.1 Å². The number of alkyl halides is 2. The summed E-state index contributed by atoms with van der Waals surface area (Å²) in [6.45, 7) is 10.4. The monoisotopic (exact) mass is 860 g/mol. The average molecular weight is 861 g/mol. The van der Waals surface area contributed by atoms with E-state index in [1.54, 1.807) is 40.0 Å². The average Bonchev–Trinajstić information content (AvgIpc) is 4.11. The fraction of sp³-hybridized carbons (Fsp3) is 0.714. The molecule has 4 amide bonds. The second kappa shape index (κ2) is 16.2. The number of hydrogen-bond acceptors (Lipinski definition) is 11. The van der Waals surface area contributed by atoms with Gasteiger partial charge in [0.2, 0.25) is 34.1 Å². The maximum Gasteiger partial charge on any atom is 0.408 e. The lowest BCUT2D eigenvalue weighted by atomic mass is 9.85. The molecule has 1 aromatic heterocycles. The molecule has 3 N–H and O–H groups in total. The number of fused-ring (bicyclic) bond motifs is 5. The number of carbonyl (C=O) groups is 4. The predicted octanol–water partition coefficient (Wildman–Crippen LogP) is 5.04. The molecule has 3 aliphatic carbocycles.